The highest BCUT2D eigenvalue weighted by Crippen LogP contribution is 2.37. The van der Waals surface area contributed by atoms with Crippen LogP contribution >= 0.6 is 0 Å². The lowest BCUT2D eigenvalue weighted by molar-refractivity contribution is -0.131. The number of carbonyl (C=O) groups excluding carboxylic acids is 1. The van der Waals surface area contributed by atoms with E-state index in [2.05, 4.69) is 45.3 Å². The van der Waals surface area contributed by atoms with Crippen molar-refractivity contribution >= 4 is 11.9 Å². The Morgan fingerprint density at radius 1 is 1.29 bits per heavy atom. The molecule has 0 aromatic heterocycles. The zero-order valence-corrected chi connectivity index (χ0v) is 13.7. The van der Waals surface area contributed by atoms with Gasteiger partial charge in [0.2, 0.25) is 5.91 Å². The van der Waals surface area contributed by atoms with Crippen LogP contribution in [0.25, 0.3) is 0 Å². The summed E-state index contributed by atoms with van der Waals surface area (Å²) in [4.78, 5) is 22.4. The fraction of sp³-hybridized carbons (Fsp3) is 0.750. The number of aliphatic carboxylic acids is 1. The van der Waals surface area contributed by atoms with Crippen molar-refractivity contribution in [3.8, 4) is 0 Å². The Morgan fingerprint density at radius 2 is 1.90 bits per heavy atom. The Kier molecular flexibility index (Phi) is 5.56. The highest BCUT2D eigenvalue weighted by atomic mass is 16.4. The zero-order valence-electron chi connectivity index (χ0n) is 13.7. The van der Waals surface area contributed by atoms with Gasteiger partial charge in [-0.1, -0.05) is 20.8 Å². The van der Waals surface area contributed by atoms with Gasteiger partial charge in [0, 0.05) is 29.3 Å². The predicted molar refractivity (Wildman–Crippen MR) is 83.0 cm³/mol. The van der Waals surface area contributed by atoms with Crippen LogP contribution in [-0.4, -0.2) is 34.1 Å². The molecule has 4 atom stereocenters. The highest BCUT2D eigenvalue weighted by molar-refractivity contribution is 5.94. The minimum atomic E-state index is -1.11. The van der Waals surface area contributed by atoms with Crippen LogP contribution in [-0.2, 0) is 9.59 Å². The third kappa shape index (κ3) is 4.30. The number of rotatable bonds is 5. The Morgan fingerprint density at radius 3 is 2.38 bits per heavy atom. The van der Waals surface area contributed by atoms with Gasteiger partial charge < -0.3 is 15.7 Å². The molecule has 1 fully saturated rings. The molecule has 0 saturated carbocycles. The first-order chi connectivity index (χ1) is 9.65. The number of nitrogens with one attached hydrogen (secondary N) is 2. The molecule has 3 N–H and O–H groups in total. The average Bonchev–Trinajstić information content (AvgIpc) is 2.42. The van der Waals surface area contributed by atoms with Crippen LogP contribution in [0.4, 0.5) is 0 Å². The first-order valence-corrected chi connectivity index (χ1v) is 7.66. The van der Waals surface area contributed by atoms with E-state index in [1.54, 1.807) is 0 Å². The van der Waals surface area contributed by atoms with Gasteiger partial charge in [-0.25, -0.2) is 4.79 Å². The Hall–Kier alpha value is -1.36. The van der Waals surface area contributed by atoms with Gasteiger partial charge in [0.1, 0.15) is 0 Å². The molecular weight excluding hydrogens is 268 g/mol. The molecule has 0 aromatic rings. The SMILES string of the molecule is CCC1(C)CC(NC(=O)C=CC(=O)O)C(C)C(C)(CC)N1. The first-order valence-electron chi connectivity index (χ1n) is 7.66. The van der Waals surface area contributed by atoms with Crippen molar-refractivity contribution in [3.05, 3.63) is 12.2 Å². The van der Waals surface area contributed by atoms with Crippen molar-refractivity contribution in [2.75, 3.05) is 0 Å². The molecule has 0 radical (unpaired) electrons. The normalized spacial score (nSPS) is 36.6. The summed E-state index contributed by atoms with van der Waals surface area (Å²) >= 11 is 0. The molecule has 5 nitrogen and oxygen atoms in total. The van der Waals surface area contributed by atoms with Crippen molar-refractivity contribution in [2.24, 2.45) is 5.92 Å². The molecule has 1 amide bonds. The molecule has 0 spiro atoms. The predicted octanol–water partition coefficient (Wildman–Crippen LogP) is 2.08. The summed E-state index contributed by atoms with van der Waals surface area (Å²) in [5.41, 5.74) is -0.0663. The van der Waals surface area contributed by atoms with Gasteiger partial charge >= 0.3 is 5.97 Å². The van der Waals surface area contributed by atoms with E-state index in [1.165, 1.54) is 0 Å². The van der Waals surface area contributed by atoms with Crippen molar-refractivity contribution in [1.29, 1.82) is 0 Å². The van der Waals surface area contributed by atoms with Crippen molar-refractivity contribution in [3.63, 3.8) is 0 Å². The van der Waals surface area contributed by atoms with Crippen LogP contribution in [0, 0.1) is 5.92 Å². The van der Waals surface area contributed by atoms with Gasteiger partial charge in [0.15, 0.2) is 0 Å². The topological polar surface area (TPSA) is 78.4 Å². The number of hydrogen-bond acceptors (Lipinski definition) is 3. The molecular formula is C16H28N2O3. The second-order valence-corrected chi connectivity index (χ2v) is 6.59. The Bertz CT molecular complexity index is 435. The van der Waals surface area contributed by atoms with E-state index in [0.717, 1.165) is 31.4 Å². The second-order valence-electron chi connectivity index (χ2n) is 6.59. The van der Waals surface area contributed by atoms with Gasteiger partial charge in [0.25, 0.3) is 0 Å². The lowest BCUT2D eigenvalue weighted by Gasteiger charge is -2.53. The standard InChI is InChI=1S/C16H28N2O3/c1-6-15(4)10-12(11(3)16(5,7-2)18-15)17-13(19)8-9-14(20)21/h8-9,11-12,18H,6-7,10H2,1-5H3,(H,17,19)(H,20,21). The fourth-order valence-corrected chi connectivity index (χ4v) is 3.16. The first kappa shape index (κ1) is 17.7. The number of piperidine rings is 1. The highest BCUT2D eigenvalue weighted by Gasteiger charge is 2.46. The number of carbonyl (C=O) groups is 2. The third-order valence-electron chi connectivity index (χ3n) is 5.09. The smallest absolute Gasteiger partial charge is 0.328 e. The third-order valence-corrected chi connectivity index (χ3v) is 5.09. The number of amides is 1. The molecule has 1 aliphatic rings. The lowest BCUT2D eigenvalue weighted by Crippen LogP contribution is -2.68. The van der Waals surface area contributed by atoms with Crippen molar-refractivity contribution in [1.82, 2.24) is 10.6 Å². The van der Waals surface area contributed by atoms with Crippen LogP contribution in [0.2, 0.25) is 0 Å². The van der Waals surface area contributed by atoms with E-state index < -0.39 is 5.97 Å². The second kappa shape index (κ2) is 6.60. The maximum absolute atomic E-state index is 11.9. The molecule has 1 heterocycles. The number of carboxylic acids is 1. The number of hydrogen-bond donors (Lipinski definition) is 3. The quantitative estimate of drug-likeness (QED) is 0.679. The molecule has 1 rings (SSSR count). The van der Waals surface area contributed by atoms with Crippen LogP contribution in [0.15, 0.2) is 12.2 Å². The van der Waals surface area contributed by atoms with E-state index >= 15 is 0 Å². The van der Waals surface area contributed by atoms with Gasteiger partial charge in [-0.05, 0) is 39.0 Å². The van der Waals surface area contributed by atoms with Gasteiger partial charge in [-0.3, -0.25) is 4.79 Å². The molecule has 21 heavy (non-hydrogen) atoms. The van der Waals surface area contributed by atoms with E-state index in [4.69, 9.17) is 5.11 Å². The van der Waals surface area contributed by atoms with Crippen LogP contribution in [0.1, 0.15) is 53.9 Å². The molecule has 0 aliphatic carbocycles. The molecule has 4 unspecified atom stereocenters. The van der Waals surface area contributed by atoms with Crippen LogP contribution < -0.4 is 10.6 Å². The zero-order chi connectivity index (χ0) is 16.3. The average molecular weight is 296 g/mol. The minimum absolute atomic E-state index is 0.0221. The van der Waals surface area contributed by atoms with Crippen molar-refractivity contribution < 1.29 is 14.7 Å². The van der Waals surface area contributed by atoms with Crippen molar-refractivity contribution in [2.45, 2.75) is 71.0 Å². The Balaban J connectivity index is 2.88. The summed E-state index contributed by atoms with van der Waals surface area (Å²) in [6.45, 7) is 10.8. The maximum Gasteiger partial charge on any atom is 0.328 e. The lowest BCUT2D eigenvalue weighted by atomic mass is 9.69. The summed E-state index contributed by atoms with van der Waals surface area (Å²) in [5, 5.41) is 15.3. The van der Waals surface area contributed by atoms with Gasteiger partial charge in [-0.15, -0.1) is 0 Å². The maximum atomic E-state index is 11.9. The van der Waals surface area contributed by atoms with E-state index in [0.29, 0.717) is 0 Å². The Labute approximate surface area is 127 Å². The van der Waals surface area contributed by atoms with Crippen LogP contribution in [0.5, 0.6) is 0 Å². The largest absolute Gasteiger partial charge is 0.478 e. The summed E-state index contributed by atoms with van der Waals surface area (Å²) < 4.78 is 0. The molecule has 1 aliphatic heterocycles. The molecule has 0 bridgehead atoms. The summed E-state index contributed by atoms with van der Waals surface area (Å²) in [6, 6.07) is 0.0343. The summed E-state index contributed by atoms with van der Waals surface area (Å²) in [7, 11) is 0. The molecule has 120 valence electrons. The summed E-state index contributed by atoms with van der Waals surface area (Å²) in [5.74, 6) is -1.18. The van der Waals surface area contributed by atoms with Crippen LogP contribution in [0.3, 0.4) is 0 Å². The monoisotopic (exact) mass is 296 g/mol. The van der Waals surface area contributed by atoms with E-state index in [9.17, 15) is 9.59 Å². The fourth-order valence-electron chi connectivity index (χ4n) is 3.16. The van der Waals surface area contributed by atoms with E-state index in [1.807, 2.05) is 0 Å². The van der Waals surface area contributed by atoms with Gasteiger partial charge in [-0.2, -0.15) is 0 Å². The van der Waals surface area contributed by atoms with E-state index in [-0.39, 0.29) is 28.9 Å². The molecule has 1 saturated heterocycles. The van der Waals surface area contributed by atoms with Gasteiger partial charge in [0.05, 0.1) is 0 Å². The molecule has 0 aromatic carbocycles. The minimum Gasteiger partial charge on any atom is -0.478 e. The number of carboxylic acid groups (broad SMARTS) is 1. The molecule has 5 heteroatoms. The summed E-state index contributed by atoms with van der Waals surface area (Å²) in [6.07, 6.45) is 4.75.